The SMILES string of the molecule is CC(=O)COCCOCCNC(=O)CCCC(=O)O. The Morgan fingerprint density at radius 1 is 1.05 bits per heavy atom. The van der Waals surface area contributed by atoms with E-state index in [-0.39, 0.29) is 31.1 Å². The summed E-state index contributed by atoms with van der Waals surface area (Å²) in [4.78, 5) is 32.0. The van der Waals surface area contributed by atoms with E-state index in [1.807, 2.05) is 0 Å². The molecule has 0 saturated carbocycles. The second-order valence-corrected chi connectivity index (χ2v) is 3.96. The minimum Gasteiger partial charge on any atom is -0.481 e. The lowest BCUT2D eigenvalue weighted by molar-refractivity contribution is -0.137. The normalized spacial score (nSPS) is 10.2. The van der Waals surface area contributed by atoms with Crippen molar-refractivity contribution >= 4 is 17.7 Å². The monoisotopic (exact) mass is 275 g/mol. The molecule has 0 bridgehead atoms. The van der Waals surface area contributed by atoms with Gasteiger partial charge in [0.2, 0.25) is 5.91 Å². The number of carboxylic acid groups (broad SMARTS) is 1. The van der Waals surface area contributed by atoms with Crippen LogP contribution in [0, 0.1) is 0 Å². The first-order chi connectivity index (χ1) is 9.02. The lowest BCUT2D eigenvalue weighted by Crippen LogP contribution is -2.27. The van der Waals surface area contributed by atoms with Crippen molar-refractivity contribution in [2.75, 3.05) is 33.0 Å². The number of amides is 1. The molecule has 19 heavy (non-hydrogen) atoms. The Bertz CT molecular complexity index is 292. The lowest BCUT2D eigenvalue weighted by atomic mass is 10.2. The fraction of sp³-hybridized carbons (Fsp3) is 0.750. The quantitative estimate of drug-likeness (QED) is 0.485. The van der Waals surface area contributed by atoms with Crippen LogP contribution in [0.15, 0.2) is 0 Å². The van der Waals surface area contributed by atoms with Gasteiger partial charge < -0.3 is 19.9 Å². The first kappa shape index (κ1) is 17.5. The van der Waals surface area contributed by atoms with Crippen molar-refractivity contribution in [1.82, 2.24) is 5.32 Å². The minimum atomic E-state index is -0.901. The van der Waals surface area contributed by atoms with Crippen LogP contribution in [-0.4, -0.2) is 55.7 Å². The van der Waals surface area contributed by atoms with Crippen molar-refractivity contribution in [3.8, 4) is 0 Å². The van der Waals surface area contributed by atoms with Gasteiger partial charge in [0, 0.05) is 19.4 Å². The standard InChI is InChI=1S/C12H21NO6/c1-10(14)9-19-8-7-18-6-5-13-11(15)3-2-4-12(16)17/h2-9H2,1H3,(H,13,15)(H,16,17). The van der Waals surface area contributed by atoms with E-state index in [2.05, 4.69) is 5.32 Å². The van der Waals surface area contributed by atoms with Crippen molar-refractivity contribution in [2.45, 2.75) is 26.2 Å². The number of nitrogens with one attached hydrogen (secondary N) is 1. The van der Waals surface area contributed by atoms with E-state index >= 15 is 0 Å². The number of carboxylic acids is 1. The van der Waals surface area contributed by atoms with Gasteiger partial charge in [0.05, 0.1) is 19.8 Å². The van der Waals surface area contributed by atoms with Gasteiger partial charge in [0.1, 0.15) is 6.61 Å². The summed E-state index contributed by atoms with van der Waals surface area (Å²) in [5, 5.41) is 11.0. The highest BCUT2D eigenvalue weighted by molar-refractivity contribution is 5.77. The molecule has 1 amide bonds. The predicted molar refractivity (Wildman–Crippen MR) is 66.8 cm³/mol. The average Bonchev–Trinajstić information content (AvgIpc) is 2.31. The zero-order chi connectivity index (χ0) is 14.5. The lowest BCUT2D eigenvalue weighted by Gasteiger charge is -2.06. The Hall–Kier alpha value is -1.47. The zero-order valence-corrected chi connectivity index (χ0v) is 11.1. The van der Waals surface area contributed by atoms with Crippen LogP contribution in [0.5, 0.6) is 0 Å². The number of carbonyl (C=O) groups excluding carboxylic acids is 2. The van der Waals surface area contributed by atoms with Gasteiger partial charge in [-0.1, -0.05) is 0 Å². The van der Waals surface area contributed by atoms with Crippen molar-refractivity contribution < 1.29 is 29.0 Å². The van der Waals surface area contributed by atoms with Crippen molar-refractivity contribution in [3.63, 3.8) is 0 Å². The molecule has 0 radical (unpaired) electrons. The first-order valence-electron chi connectivity index (χ1n) is 6.15. The van der Waals surface area contributed by atoms with E-state index in [9.17, 15) is 14.4 Å². The van der Waals surface area contributed by atoms with Crippen LogP contribution in [0.3, 0.4) is 0 Å². The highest BCUT2D eigenvalue weighted by Crippen LogP contribution is 1.94. The average molecular weight is 275 g/mol. The molecule has 7 nitrogen and oxygen atoms in total. The van der Waals surface area contributed by atoms with Crippen molar-refractivity contribution in [2.24, 2.45) is 0 Å². The molecule has 0 rings (SSSR count). The highest BCUT2D eigenvalue weighted by Gasteiger charge is 2.03. The molecule has 0 aliphatic rings. The minimum absolute atomic E-state index is 0.00257. The van der Waals surface area contributed by atoms with Gasteiger partial charge in [-0.15, -0.1) is 0 Å². The van der Waals surface area contributed by atoms with E-state index < -0.39 is 5.97 Å². The molecule has 0 aromatic carbocycles. The topological polar surface area (TPSA) is 102 Å². The third-order valence-corrected chi connectivity index (χ3v) is 2.04. The number of rotatable bonds is 12. The van der Waals surface area contributed by atoms with Gasteiger partial charge in [0.15, 0.2) is 5.78 Å². The van der Waals surface area contributed by atoms with Crippen LogP contribution in [-0.2, 0) is 23.9 Å². The molecule has 0 saturated heterocycles. The second kappa shape index (κ2) is 11.6. The summed E-state index contributed by atoms with van der Waals surface area (Å²) in [6.45, 7) is 2.96. The molecule has 0 unspecified atom stereocenters. The van der Waals surface area contributed by atoms with Gasteiger partial charge in [-0.25, -0.2) is 0 Å². The molecule has 0 aromatic heterocycles. The largest absolute Gasteiger partial charge is 0.481 e. The number of hydrogen-bond acceptors (Lipinski definition) is 5. The summed E-state index contributed by atoms with van der Waals surface area (Å²) in [7, 11) is 0. The molecule has 0 heterocycles. The third-order valence-electron chi connectivity index (χ3n) is 2.04. The number of carbonyl (C=O) groups is 3. The Balaban J connectivity index is 3.23. The predicted octanol–water partition coefficient (Wildman–Crippen LogP) is -0.0203. The van der Waals surface area contributed by atoms with Crippen LogP contribution in [0.4, 0.5) is 0 Å². The smallest absolute Gasteiger partial charge is 0.303 e. The van der Waals surface area contributed by atoms with Crippen molar-refractivity contribution in [1.29, 1.82) is 0 Å². The van der Waals surface area contributed by atoms with E-state index in [0.29, 0.717) is 32.8 Å². The summed E-state index contributed by atoms with van der Waals surface area (Å²) in [6, 6.07) is 0. The van der Waals surface area contributed by atoms with E-state index in [1.165, 1.54) is 6.92 Å². The summed E-state index contributed by atoms with van der Waals surface area (Å²) >= 11 is 0. The number of ether oxygens (including phenoxy) is 2. The molecular formula is C12H21NO6. The van der Waals surface area contributed by atoms with Crippen LogP contribution in [0.25, 0.3) is 0 Å². The van der Waals surface area contributed by atoms with E-state index in [1.54, 1.807) is 0 Å². The van der Waals surface area contributed by atoms with Gasteiger partial charge >= 0.3 is 5.97 Å². The number of hydrogen-bond donors (Lipinski definition) is 2. The Kier molecular flexibility index (Phi) is 10.7. The van der Waals surface area contributed by atoms with Crippen LogP contribution < -0.4 is 5.32 Å². The number of Topliss-reactive ketones (excluding diaryl/α,β-unsaturated/α-hetero) is 1. The Labute approximate surface area is 112 Å². The summed E-state index contributed by atoms with van der Waals surface area (Å²) in [5.41, 5.74) is 0. The molecule has 0 aliphatic carbocycles. The third kappa shape index (κ3) is 14.5. The van der Waals surface area contributed by atoms with Gasteiger partial charge in [0.25, 0.3) is 0 Å². The maximum atomic E-state index is 11.2. The maximum Gasteiger partial charge on any atom is 0.303 e. The van der Waals surface area contributed by atoms with Gasteiger partial charge in [-0.05, 0) is 13.3 Å². The summed E-state index contributed by atoms with van der Waals surface area (Å²) in [5.74, 6) is -1.12. The van der Waals surface area contributed by atoms with E-state index in [0.717, 1.165) is 0 Å². The molecule has 0 spiro atoms. The second-order valence-electron chi connectivity index (χ2n) is 3.96. The first-order valence-corrected chi connectivity index (χ1v) is 6.15. The molecule has 7 heteroatoms. The van der Waals surface area contributed by atoms with Crippen LogP contribution in [0.1, 0.15) is 26.2 Å². The maximum absolute atomic E-state index is 11.2. The molecule has 0 aliphatic heterocycles. The van der Waals surface area contributed by atoms with Crippen molar-refractivity contribution in [3.05, 3.63) is 0 Å². The Morgan fingerprint density at radius 3 is 2.37 bits per heavy atom. The van der Waals surface area contributed by atoms with E-state index in [4.69, 9.17) is 14.6 Å². The van der Waals surface area contributed by atoms with Crippen LogP contribution >= 0.6 is 0 Å². The molecule has 0 atom stereocenters. The molecule has 0 aromatic rings. The number of ketones is 1. The molecular weight excluding hydrogens is 254 g/mol. The Morgan fingerprint density at radius 2 is 1.74 bits per heavy atom. The molecule has 110 valence electrons. The zero-order valence-electron chi connectivity index (χ0n) is 11.1. The highest BCUT2D eigenvalue weighted by atomic mass is 16.5. The summed E-state index contributed by atoms with van der Waals surface area (Å²) in [6.07, 6.45) is 0.534. The summed E-state index contributed by atoms with van der Waals surface area (Å²) < 4.78 is 10.1. The molecule has 2 N–H and O–H groups in total. The number of aliphatic carboxylic acids is 1. The fourth-order valence-electron chi connectivity index (χ4n) is 1.19. The van der Waals surface area contributed by atoms with Gasteiger partial charge in [-0.3, -0.25) is 14.4 Å². The fourth-order valence-corrected chi connectivity index (χ4v) is 1.19. The molecule has 0 fully saturated rings. The van der Waals surface area contributed by atoms with Gasteiger partial charge in [-0.2, -0.15) is 0 Å². The van der Waals surface area contributed by atoms with Crippen LogP contribution in [0.2, 0.25) is 0 Å².